The van der Waals surface area contributed by atoms with E-state index in [9.17, 15) is 0 Å². The molecule has 100 valence electrons. The van der Waals surface area contributed by atoms with Gasteiger partial charge >= 0.3 is 0 Å². The molecule has 0 aliphatic carbocycles. The predicted octanol–water partition coefficient (Wildman–Crippen LogP) is 4.18. The highest BCUT2D eigenvalue weighted by molar-refractivity contribution is 9.10. The Morgan fingerprint density at radius 3 is 2.68 bits per heavy atom. The fourth-order valence-electron chi connectivity index (χ4n) is 1.85. The molecule has 0 saturated carbocycles. The Labute approximate surface area is 126 Å². The Morgan fingerprint density at radius 2 is 1.95 bits per heavy atom. The van der Waals surface area contributed by atoms with Crippen molar-refractivity contribution >= 4 is 27.5 Å². The average Bonchev–Trinajstić information content (AvgIpc) is 2.38. The third-order valence-electron chi connectivity index (χ3n) is 2.73. The lowest BCUT2D eigenvalue weighted by Gasteiger charge is -2.13. The van der Waals surface area contributed by atoms with E-state index in [-0.39, 0.29) is 0 Å². The average molecular weight is 341 g/mol. The van der Waals surface area contributed by atoms with Crippen LogP contribution in [0.4, 0.5) is 0 Å². The number of nitrogens with two attached hydrogens (primary N) is 1. The first-order valence-electron chi connectivity index (χ1n) is 6.05. The van der Waals surface area contributed by atoms with Gasteiger partial charge in [0.1, 0.15) is 12.4 Å². The topological polar surface area (TPSA) is 35.2 Å². The van der Waals surface area contributed by atoms with E-state index in [1.54, 1.807) is 0 Å². The molecule has 0 aromatic heterocycles. The summed E-state index contributed by atoms with van der Waals surface area (Å²) in [6.07, 6.45) is 0.758. The minimum atomic E-state index is 0.487. The zero-order valence-electron chi connectivity index (χ0n) is 10.4. The van der Waals surface area contributed by atoms with Crippen LogP contribution in [-0.2, 0) is 13.0 Å². The lowest BCUT2D eigenvalue weighted by molar-refractivity contribution is 0.303. The van der Waals surface area contributed by atoms with Crippen LogP contribution in [0.25, 0.3) is 0 Å². The summed E-state index contributed by atoms with van der Waals surface area (Å²) in [4.78, 5) is 0. The van der Waals surface area contributed by atoms with Crippen molar-refractivity contribution in [3.63, 3.8) is 0 Å². The van der Waals surface area contributed by atoms with E-state index >= 15 is 0 Å². The van der Waals surface area contributed by atoms with Gasteiger partial charge in [0.25, 0.3) is 0 Å². The van der Waals surface area contributed by atoms with E-state index in [0.29, 0.717) is 18.2 Å². The van der Waals surface area contributed by atoms with Crippen molar-refractivity contribution in [3.8, 4) is 5.75 Å². The van der Waals surface area contributed by atoms with Gasteiger partial charge < -0.3 is 10.5 Å². The number of halogens is 2. The molecule has 0 atom stereocenters. The first-order valence-corrected chi connectivity index (χ1v) is 7.22. The molecule has 2 aromatic rings. The van der Waals surface area contributed by atoms with Crippen LogP contribution in [0.5, 0.6) is 5.75 Å². The highest BCUT2D eigenvalue weighted by Crippen LogP contribution is 2.29. The second-order valence-electron chi connectivity index (χ2n) is 4.19. The third-order valence-corrected chi connectivity index (χ3v) is 3.53. The Morgan fingerprint density at radius 1 is 1.16 bits per heavy atom. The Hall–Kier alpha value is -1.03. The molecular formula is C15H15BrClNO. The summed E-state index contributed by atoms with van der Waals surface area (Å²) >= 11 is 9.63. The normalized spacial score (nSPS) is 10.5. The number of para-hydroxylation sites is 1. The van der Waals surface area contributed by atoms with Gasteiger partial charge in [0, 0.05) is 4.47 Å². The quantitative estimate of drug-likeness (QED) is 0.886. The summed E-state index contributed by atoms with van der Waals surface area (Å²) in [6, 6.07) is 13.8. The maximum absolute atomic E-state index is 6.19. The van der Waals surface area contributed by atoms with Crippen LogP contribution in [0.15, 0.2) is 46.9 Å². The standard InChI is InChI=1S/C15H15BrClNO/c16-13-5-1-3-11(9-13)10-19-15-12(7-8-18)4-2-6-14(15)17/h1-6,9H,7-8,10,18H2. The van der Waals surface area contributed by atoms with Gasteiger partial charge in [-0.2, -0.15) is 0 Å². The Balaban J connectivity index is 2.14. The van der Waals surface area contributed by atoms with Gasteiger partial charge in [-0.25, -0.2) is 0 Å². The van der Waals surface area contributed by atoms with E-state index < -0.39 is 0 Å². The predicted molar refractivity (Wildman–Crippen MR) is 82.7 cm³/mol. The number of ether oxygens (including phenoxy) is 1. The smallest absolute Gasteiger partial charge is 0.141 e. The maximum atomic E-state index is 6.19. The molecule has 4 heteroatoms. The highest BCUT2D eigenvalue weighted by Gasteiger charge is 2.08. The molecule has 0 fully saturated rings. The summed E-state index contributed by atoms with van der Waals surface area (Å²) in [5.41, 5.74) is 7.74. The lowest BCUT2D eigenvalue weighted by atomic mass is 10.1. The molecule has 0 saturated heterocycles. The van der Waals surface area contributed by atoms with Crippen molar-refractivity contribution in [2.24, 2.45) is 5.73 Å². The second-order valence-corrected chi connectivity index (χ2v) is 5.51. The molecule has 19 heavy (non-hydrogen) atoms. The third kappa shape index (κ3) is 3.96. The van der Waals surface area contributed by atoms with E-state index in [0.717, 1.165) is 27.8 Å². The van der Waals surface area contributed by atoms with Gasteiger partial charge in [-0.15, -0.1) is 0 Å². The number of rotatable bonds is 5. The monoisotopic (exact) mass is 339 g/mol. The molecule has 0 radical (unpaired) electrons. The molecule has 0 spiro atoms. The van der Waals surface area contributed by atoms with Crippen LogP contribution in [0.1, 0.15) is 11.1 Å². The van der Waals surface area contributed by atoms with Crippen molar-refractivity contribution in [2.75, 3.05) is 6.54 Å². The summed E-state index contributed by atoms with van der Waals surface area (Å²) in [5, 5.41) is 0.626. The molecule has 0 bridgehead atoms. The van der Waals surface area contributed by atoms with E-state index in [4.69, 9.17) is 22.1 Å². The molecule has 0 aliphatic rings. The van der Waals surface area contributed by atoms with Crippen LogP contribution in [0.2, 0.25) is 5.02 Å². The van der Waals surface area contributed by atoms with Crippen LogP contribution >= 0.6 is 27.5 Å². The minimum absolute atomic E-state index is 0.487. The molecule has 0 amide bonds. The first-order chi connectivity index (χ1) is 9.20. The Kier molecular flexibility index (Phi) is 5.25. The van der Waals surface area contributed by atoms with E-state index in [1.165, 1.54) is 0 Å². The van der Waals surface area contributed by atoms with E-state index in [1.807, 2.05) is 42.5 Å². The molecule has 0 aliphatic heterocycles. The molecule has 2 aromatic carbocycles. The molecule has 2 nitrogen and oxygen atoms in total. The Bertz CT molecular complexity index is 560. The number of benzene rings is 2. The van der Waals surface area contributed by atoms with Crippen LogP contribution in [0.3, 0.4) is 0 Å². The van der Waals surface area contributed by atoms with Gasteiger partial charge in [0.15, 0.2) is 0 Å². The van der Waals surface area contributed by atoms with Crippen LogP contribution in [0, 0.1) is 0 Å². The SMILES string of the molecule is NCCc1cccc(Cl)c1OCc1cccc(Br)c1. The fraction of sp³-hybridized carbons (Fsp3) is 0.200. The fourth-order valence-corrected chi connectivity index (χ4v) is 2.55. The molecule has 0 heterocycles. The zero-order chi connectivity index (χ0) is 13.7. The van der Waals surface area contributed by atoms with Crippen molar-refractivity contribution in [1.82, 2.24) is 0 Å². The number of hydrogen-bond donors (Lipinski definition) is 1. The molecular weight excluding hydrogens is 326 g/mol. The second kappa shape index (κ2) is 6.94. The lowest BCUT2D eigenvalue weighted by Crippen LogP contribution is -2.06. The summed E-state index contributed by atoms with van der Waals surface area (Å²) in [5.74, 6) is 0.731. The van der Waals surface area contributed by atoms with Crippen molar-refractivity contribution in [1.29, 1.82) is 0 Å². The minimum Gasteiger partial charge on any atom is -0.487 e. The van der Waals surface area contributed by atoms with Gasteiger partial charge in [-0.3, -0.25) is 0 Å². The summed E-state index contributed by atoms with van der Waals surface area (Å²) in [7, 11) is 0. The first kappa shape index (κ1) is 14.4. The van der Waals surface area contributed by atoms with Gasteiger partial charge in [-0.05, 0) is 42.3 Å². The van der Waals surface area contributed by atoms with E-state index in [2.05, 4.69) is 15.9 Å². The molecule has 2 N–H and O–H groups in total. The summed E-state index contributed by atoms with van der Waals surface area (Å²) < 4.78 is 6.89. The van der Waals surface area contributed by atoms with Crippen LogP contribution < -0.4 is 10.5 Å². The van der Waals surface area contributed by atoms with Crippen molar-refractivity contribution in [3.05, 3.63) is 63.1 Å². The van der Waals surface area contributed by atoms with Crippen LogP contribution in [-0.4, -0.2) is 6.54 Å². The highest BCUT2D eigenvalue weighted by atomic mass is 79.9. The number of hydrogen-bond acceptors (Lipinski definition) is 2. The van der Waals surface area contributed by atoms with Gasteiger partial charge in [0.2, 0.25) is 0 Å². The molecule has 2 rings (SSSR count). The summed E-state index contributed by atoms with van der Waals surface area (Å²) in [6.45, 7) is 1.06. The van der Waals surface area contributed by atoms with Crippen molar-refractivity contribution < 1.29 is 4.74 Å². The van der Waals surface area contributed by atoms with Crippen molar-refractivity contribution in [2.45, 2.75) is 13.0 Å². The van der Waals surface area contributed by atoms with Gasteiger partial charge in [0.05, 0.1) is 5.02 Å². The van der Waals surface area contributed by atoms with Gasteiger partial charge in [-0.1, -0.05) is 51.8 Å². The maximum Gasteiger partial charge on any atom is 0.141 e. The molecule has 0 unspecified atom stereocenters. The zero-order valence-corrected chi connectivity index (χ0v) is 12.7. The largest absolute Gasteiger partial charge is 0.487 e.